The monoisotopic (exact) mass is 347 g/mol. The standard InChI is InChI=1S/C20H33N3O2/c1-3-20(4-2,12-15-24)16-21-19(25)22-17-8-10-18(11-9-17)23-13-6-5-7-14-23/h8-11,24H,3-7,12-16H2,1-2H3,(H2,21,22,25). The Kier molecular flexibility index (Phi) is 7.56. The van der Waals surface area contributed by atoms with Gasteiger partial charge in [-0.25, -0.2) is 4.79 Å². The topological polar surface area (TPSA) is 64.6 Å². The summed E-state index contributed by atoms with van der Waals surface area (Å²) in [5.74, 6) is 0. The normalized spacial score (nSPS) is 15.1. The van der Waals surface area contributed by atoms with Crippen LogP contribution in [0.5, 0.6) is 0 Å². The fourth-order valence-corrected chi connectivity index (χ4v) is 3.53. The summed E-state index contributed by atoms with van der Waals surface area (Å²) in [4.78, 5) is 14.6. The zero-order valence-electron chi connectivity index (χ0n) is 15.7. The van der Waals surface area contributed by atoms with E-state index in [1.165, 1.54) is 24.9 Å². The maximum Gasteiger partial charge on any atom is 0.319 e. The lowest BCUT2D eigenvalue weighted by molar-refractivity contribution is 0.165. The van der Waals surface area contributed by atoms with E-state index in [2.05, 4.69) is 41.5 Å². The van der Waals surface area contributed by atoms with Crippen LogP contribution >= 0.6 is 0 Å². The van der Waals surface area contributed by atoms with Crippen LogP contribution in [0.15, 0.2) is 24.3 Å². The average molecular weight is 348 g/mol. The van der Waals surface area contributed by atoms with Gasteiger partial charge in [-0.3, -0.25) is 0 Å². The summed E-state index contributed by atoms with van der Waals surface area (Å²) in [7, 11) is 0. The molecule has 2 amide bonds. The van der Waals surface area contributed by atoms with Gasteiger partial charge in [0.25, 0.3) is 0 Å². The van der Waals surface area contributed by atoms with E-state index >= 15 is 0 Å². The summed E-state index contributed by atoms with van der Waals surface area (Å²) in [5, 5.41) is 15.1. The molecule has 0 unspecified atom stereocenters. The number of piperidine rings is 1. The fourth-order valence-electron chi connectivity index (χ4n) is 3.53. The lowest BCUT2D eigenvalue weighted by Gasteiger charge is -2.31. The number of nitrogens with one attached hydrogen (secondary N) is 2. The maximum absolute atomic E-state index is 12.2. The van der Waals surface area contributed by atoms with Gasteiger partial charge in [-0.15, -0.1) is 0 Å². The Balaban J connectivity index is 1.85. The smallest absolute Gasteiger partial charge is 0.319 e. The van der Waals surface area contributed by atoms with Crippen molar-refractivity contribution in [2.75, 3.05) is 36.5 Å². The molecule has 1 aliphatic heterocycles. The zero-order valence-corrected chi connectivity index (χ0v) is 15.7. The average Bonchev–Trinajstić information content (AvgIpc) is 2.66. The Morgan fingerprint density at radius 1 is 1.12 bits per heavy atom. The predicted octanol–water partition coefficient (Wildman–Crippen LogP) is 3.99. The number of urea groups is 1. The fraction of sp³-hybridized carbons (Fsp3) is 0.650. The third-order valence-corrected chi connectivity index (χ3v) is 5.61. The first-order valence-electron chi connectivity index (χ1n) is 9.63. The molecule has 0 saturated carbocycles. The van der Waals surface area contributed by atoms with E-state index in [0.717, 1.165) is 31.6 Å². The van der Waals surface area contributed by atoms with Crippen LogP contribution in [-0.4, -0.2) is 37.4 Å². The zero-order chi connectivity index (χ0) is 18.1. The van der Waals surface area contributed by atoms with Crippen LogP contribution in [0.4, 0.5) is 16.2 Å². The van der Waals surface area contributed by atoms with Gasteiger partial charge in [0.1, 0.15) is 0 Å². The SMILES string of the molecule is CCC(CC)(CCO)CNC(=O)Nc1ccc(N2CCCCC2)cc1. The third-order valence-electron chi connectivity index (χ3n) is 5.61. The minimum absolute atomic E-state index is 0.0236. The van der Waals surface area contributed by atoms with Crippen molar-refractivity contribution in [2.24, 2.45) is 5.41 Å². The van der Waals surface area contributed by atoms with Crippen molar-refractivity contribution < 1.29 is 9.90 Å². The van der Waals surface area contributed by atoms with Crippen LogP contribution in [-0.2, 0) is 0 Å². The molecule has 1 heterocycles. The first kappa shape index (κ1) is 19.6. The van der Waals surface area contributed by atoms with E-state index in [4.69, 9.17) is 0 Å². The molecule has 1 fully saturated rings. The number of nitrogens with zero attached hydrogens (tertiary/aromatic N) is 1. The highest BCUT2D eigenvalue weighted by atomic mass is 16.3. The number of amides is 2. The number of hydrogen-bond acceptors (Lipinski definition) is 3. The van der Waals surface area contributed by atoms with E-state index in [0.29, 0.717) is 13.0 Å². The van der Waals surface area contributed by atoms with Gasteiger partial charge in [0.15, 0.2) is 0 Å². The Morgan fingerprint density at radius 2 is 1.76 bits per heavy atom. The summed E-state index contributed by atoms with van der Waals surface area (Å²) >= 11 is 0. The highest BCUT2D eigenvalue weighted by Gasteiger charge is 2.26. The van der Waals surface area contributed by atoms with Crippen LogP contribution in [0, 0.1) is 5.41 Å². The molecule has 0 atom stereocenters. The van der Waals surface area contributed by atoms with Crippen LogP contribution in [0.25, 0.3) is 0 Å². The van der Waals surface area contributed by atoms with Gasteiger partial charge in [0.05, 0.1) is 0 Å². The quantitative estimate of drug-likeness (QED) is 0.666. The molecule has 25 heavy (non-hydrogen) atoms. The van der Waals surface area contributed by atoms with Gasteiger partial charge in [-0.05, 0) is 68.2 Å². The molecular weight excluding hydrogens is 314 g/mol. The van der Waals surface area contributed by atoms with Gasteiger partial charge < -0.3 is 20.6 Å². The summed E-state index contributed by atoms with van der Waals surface area (Å²) in [6.07, 6.45) is 6.43. The summed E-state index contributed by atoms with van der Waals surface area (Å²) in [5.41, 5.74) is 2.01. The van der Waals surface area contributed by atoms with Crippen molar-refractivity contribution >= 4 is 17.4 Å². The minimum Gasteiger partial charge on any atom is -0.396 e. The van der Waals surface area contributed by atoms with Gasteiger partial charge in [0, 0.05) is 37.6 Å². The summed E-state index contributed by atoms with van der Waals surface area (Å²) in [6, 6.07) is 7.90. The lowest BCUT2D eigenvalue weighted by Crippen LogP contribution is -2.39. The highest BCUT2D eigenvalue weighted by molar-refractivity contribution is 5.89. The number of rotatable bonds is 8. The highest BCUT2D eigenvalue weighted by Crippen LogP contribution is 2.29. The van der Waals surface area contributed by atoms with E-state index in [9.17, 15) is 9.90 Å². The van der Waals surface area contributed by atoms with E-state index in [1.54, 1.807) is 0 Å². The van der Waals surface area contributed by atoms with Crippen molar-refractivity contribution in [3.8, 4) is 0 Å². The lowest BCUT2D eigenvalue weighted by atomic mass is 9.79. The van der Waals surface area contributed by atoms with Gasteiger partial charge in [-0.1, -0.05) is 13.8 Å². The summed E-state index contributed by atoms with van der Waals surface area (Å²) < 4.78 is 0. The molecule has 5 heteroatoms. The molecule has 1 aliphatic rings. The Morgan fingerprint density at radius 3 is 2.32 bits per heavy atom. The first-order chi connectivity index (χ1) is 12.1. The van der Waals surface area contributed by atoms with E-state index in [-0.39, 0.29) is 18.1 Å². The van der Waals surface area contributed by atoms with Crippen LogP contribution < -0.4 is 15.5 Å². The number of aliphatic hydroxyl groups excluding tert-OH is 1. The van der Waals surface area contributed by atoms with Crippen molar-refractivity contribution in [2.45, 2.75) is 52.4 Å². The van der Waals surface area contributed by atoms with E-state index < -0.39 is 0 Å². The molecule has 5 nitrogen and oxygen atoms in total. The van der Waals surface area contributed by atoms with Crippen LogP contribution in [0.1, 0.15) is 52.4 Å². The Labute approximate surface area is 151 Å². The largest absolute Gasteiger partial charge is 0.396 e. The molecule has 0 bridgehead atoms. The number of anilines is 2. The van der Waals surface area contributed by atoms with Crippen molar-refractivity contribution in [1.29, 1.82) is 0 Å². The van der Waals surface area contributed by atoms with Crippen molar-refractivity contribution in [3.63, 3.8) is 0 Å². The molecule has 1 aromatic rings. The number of aliphatic hydroxyl groups is 1. The third kappa shape index (κ3) is 5.63. The number of hydrogen-bond donors (Lipinski definition) is 3. The second-order valence-corrected chi connectivity index (χ2v) is 7.08. The van der Waals surface area contributed by atoms with E-state index in [1.807, 2.05) is 12.1 Å². The molecule has 0 aromatic heterocycles. The molecule has 1 saturated heterocycles. The molecule has 1 aromatic carbocycles. The molecule has 0 radical (unpaired) electrons. The number of carbonyl (C=O) groups is 1. The molecule has 0 spiro atoms. The maximum atomic E-state index is 12.2. The number of carbonyl (C=O) groups excluding carboxylic acids is 1. The van der Waals surface area contributed by atoms with Crippen molar-refractivity contribution in [1.82, 2.24) is 5.32 Å². The first-order valence-corrected chi connectivity index (χ1v) is 9.63. The Bertz CT molecular complexity index is 520. The second-order valence-electron chi connectivity index (χ2n) is 7.08. The second kappa shape index (κ2) is 9.66. The van der Waals surface area contributed by atoms with Crippen LogP contribution in [0.2, 0.25) is 0 Å². The van der Waals surface area contributed by atoms with Crippen molar-refractivity contribution in [3.05, 3.63) is 24.3 Å². The Hall–Kier alpha value is -1.75. The van der Waals surface area contributed by atoms with Gasteiger partial charge >= 0.3 is 6.03 Å². The minimum atomic E-state index is -0.185. The predicted molar refractivity (Wildman–Crippen MR) is 104 cm³/mol. The summed E-state index contributed by atoms with van der Waals surface area (Å²) in [6.45, 7) is 7.19. The molecular formula is C20H33N3O2. The number of benzene rings is 1. The molecule has 0 aliphatic carbocycles. The van der Waals surface area contributed by atoms with Crippen LogP contribution in [0.3, 0.4) is 0 Å². The molecule has 3 N–H and O–H groups in total. The molecule has 2 rings (SSSR count). The van der Waals surface area contributed by atoms with Gasteiger partial charge in [-0.2, -0.15) is 0 Å². The molecule has 140 valence electrons. The van der Waals surface area contributed by atoms with Gasteiger partial charge in [0.2, 0.25) is 0 Å².